The van der Waals surface area contributed by atoms with E-state index < -0.39 is 0 Å². The van der Waals surface area contributed by atoms with E-state index in [9.17, 15) is 10.1 Å². The van der Waals surface area contributed by atoms with Crippen LogP contribution in [0.15, 0.2) is 54.7 Å². The van der Waals surface area contributed by atoms with Crippen molar-refractivity contribution in [1.29, 1.82) is 5.26 Å². The van der Waals surface area contributed by atoms with Crippen LogP contribution in [0.5, 0.6) is 0 Å². The molecule has 0 radical (unpaired) electrons. The maximum atomic E-state index is 11.4. The summed E-state index contributed by atoms with van der Waals surface area (Å²) >= 11 is 0. The molecule has 4 aromatic rings. The molecule has 0 atom stereocenters. The van der Waals surface area contributed by atoms with Crippen molar-refractivity contribution in [3.05, 3.63) is 60.3 Å². The molecule has 172 valence electrons. The van der Waals surface area contributed by atoms with Crippen molar-refractivity contribution < 1.29 is 4.79 Å². The van der Waals surface area contributed by atoms with Gasteiger partial charge in [-0.05, 0) is 50.2 Å². The number of nitrogens with one attached hydrogen (secondary N) is 3. The summed E-state index contributed by atoms with van der Waals surface area (Å²) in [6, 6.07) is 17.3. The highest BCUT2D eigenvalue weighted by Gasteiger charge is 2.14. The van der Waals surface area contributed by atoms with Crippen LogP contribution >= 0.6 is 0 Å². The summed E-state index contributed by atoms with van der Waals surface area (Å²) in [7, 11) is 0. The molecule has 10 nitrogen and oxygen atoms in total. The van der Waals surface area contributed by atoms with Crippen molar-refractivity contribution in [3.63, 3.8) is 0 Å². The summed E-state index contributed by atoms with van der Waals surface area (Å²) in [5.74, 6) is 0.529. The van der Waals surface area contributed by atoms with Gasteiger partial charge in [-0.1, -0.05) is 12.1 Å². The highest BCUT2D eigenvalue weighted by Crippen LogP contribution is 2.25. The first kappa shape index (κ1) is 22.5. The summed E-state index contributed by atoms with van der Waals surface area (Å²) in [5.41, 5.74) is 3.96. The molecule has 3 N–H and O–H groups in total. The van der Waals surface area contributed by atoms with Gasteiger partial charge in [0.1, 0.15) is 11.6 Å². The maximum Gasteiger partial charge on any atom is 0.233 e. The number of carbonyl (C=O) groups excluding carboxylic acids is 1. The fourth-order valence-corrected chi connectivity index (χ4v) is 3.60. The van der Waals surface area contributed by atoms with Gasteiger partial charge in [-0.15, -0.1) is 0 Å². The molecule has 0 aliphatic carbocycles. The molecule has 0 bridgehead atoms. The van der Waals surface area contributed by atoms with Gasteiger partial charge in [0, 0.05) is 42.8 Å². The van der Waals surface area contributed by atoms with E-state index >= 15 is 0 Å². The number of rotatable bonds is 8. The zero-order chi connectivity index (χ0) is 24.1. The van der Waals surface area contributed by atoms with Crippen molar-refractivity contribution in [2.45, 2.75) is 20.8 Å². The average molecular weight is 456 g/mol. The number of anilines is 6. The Morgan fingerprint density at radius 2 is 1.74 bits per heavy atom. The Labute approximate surface area is 197 Å². The minimum atomic E-state index is -0.161. The van der Waals surface area contributed by atoms with Crippen LogP contribution in [-0.2, 0) is 4.79 Å². The van der Waals surface area contributed by atoms with Gasteiger partial charge in [0.2, 0.25) is 17.8 Å². The molecule has 2 heterocycles. The van der Waals surface area contributed by atoms with E-state index in [-0.39, 0.29) is 11.9 Å². The van der Waals surface area contributed by atoms with Crippen molar-refractivity contribution in [2.24, 2.45) is 0 Å². The van der Waals surface area contributed by atoms with Crippen LogP contribution in [-0.4, -0.2) is 38.6 Å². The summed E-state index contributed by atoms with van der Waals surface area (Å²) in [6.07, 6.45) is 1.46. The van der Waals surface area contributed by atoms with Gasteiger partial charge in [-0.25, -0.2) is 0 Å². The first-order chi connectivity index (χ1) is 16.5. The molecular weight excluding hydrogens is 430 g/mol. The second-order valence-corrected chi connectivity index (χ2v) is 7.51. The molecule has 0 saturated carbocycles. The molecule has 0 aliphatic rings. The van der Waals surface area contributed by atoms with Gasteiger partial charge in [0.15, 0.2) is 5.65 Å². The van der Waals surface area contributed by atoms with E-state index in [1.807, 2.05) is 30.3 Å². The fourth-order valence-electron chi connectivity index (χ4n) is 3.60. The quantitative estimate of drug-likeness (QED) is 0.360. The van der Waals surface area contributed by atoms with Crippen LogP contribution in [0.25, 0.3) is 5.65 Å². The molecule has 4 rings (SSSR count). The Morgan fingerprint density at radius 1 is 1.03 bits per heavy atom. The van der Waals surface area contributed by atoms with Crippen molar-refractivity contribution >= 4 is 46.2 Å². The van der Waals surface area contributed by atoms with Gasteiger partial charge in [-0.3, -0.25) is 4.79 Å². The Morgan fingerprint density at radius 3 is 2.44 bits per heavy atom. The molecule has 1 amide bonds. The minimum Gasteiger partial charge on any atom is -0.372 e. The zero-order valence-electron chi connectivity index (χ0n) is 19.2. The lowest BCUT2D eigenvalue weighted by molar-refractivity contribution is -0.114. The van der Waals surface area contributed by atoms with Gasteiger partial charge in [0.25, 0.3) is 0 Å². The van der Waals surface area contributed by atoms with Crippen LogP contribution in [0.2, 0.25) is 0 Å². The van der Waals surface area contributed by atoms with Gasteiger partial charge >= 0.3 is 0 Å². The largest absolute Gasteiger partial charge is 0.372 e. The van der Waals surface area contributed by atoms with Gasteiger partial charge in [-0.2, -0.15) is 24.8 Å². The number of aromatic nitrogens is 4. The molecule has 0 spiro atoms. The van der Waals surface area contributed by atoms with Crippen LogP contribution < -0.4 is 20.9 Å². The van der Waals surface area contributed by atoms with E-state index in [1.165, 1.54) is 17.6 Å². The highest BCUT2D eigenvalue weighted by molar-refractivity contribution is 5.89. The molecule has 0 fully saturated rings. The van der Waals surface area contributed by atoms with E-state index in [1.54, 1.807) is 12.1 Å². The maximum absolute atomic E-state index is 11.4. The number of benzene rings is 2. The molecule has 2 aromatic heterocycles. The van der Waals surface area contributed by atoms with Gasteiger partial charge < -0.3 is 20.9 Å². The molecule has 0 saturated heterocycles. The van der Waals surface area contributed by atoms with E-state index in [2.05, 4.69) is 61.9 Å². The lowest BCUT2D eigenvalue weighted by Crippen LogP contribution is -2.21. The first-order valence-corrected chi connectivity index (χ1v) is 10.9. The average Bonchev–Trinajstić information content (AvgIpc) is 3.23. The molecule has 0 aliphatic heterocycles. The third-order valence-electron chi connectivity index (χ3n) is 5.16. The number of nitrogens with zero attached hydrogens (tertiary/aromatic N) is 6. The van der Waals surface area contributed by atoms with Crippen LogP contribution in [0.4, 0.5) is 34.6 Å². The van der Waals surface area contributed by atoms with Gasteiger partial charge in [0.05, 0.1) is 6.20 Å². The number of amides is 1. The molecular formula is C24H25N9O. The van der Waals surface area contributed by atoms with Crippen molar-refractivity contribution in [3.8, 4) is 6.07 Å². The minimum absolute atomic E-state index is 0.161. The van der Waals surface area contributed by atoms with E-state index in [0.717, 1.165) is 24.5 Å². The smallest absolute Gasteiger partial charge is 0.233 e. The van der Waals surface area contributed by atoms with Crippen LogP contribution in [0.3, 0.4) is 0 Å². The normalized spacial score (nSPS) is 10.5. The summed E-state index contributed by atoms with van der Waals surface area (Å²) in [4.78, 5) is 22.7. The number of hydrogen-bond donors (Lipinski definition) is 3. The Kier molecular flexibility index (Phi) is 6.54. The Hall–Kier alpha value is -4.65. The SMILES string of the molecule is CCN(CC)c1cccc(Nc2nc(Nc3cccc(NC(C)=O)c3)nc3c(C#N)cnn23)c1. The predicted octanol–water partition coefficient (Wildman–Crippen LogP) is 4.29. The molecule has 2 aromatic carbocycles. The monoisotopic (exact) mass is 455 g/mol. The lowest BCUT2D eigenvalue weighted by atomic mass is 10.2. The molecule has 0 unspecified atom stereocenters. The Balaban J connectivity index is 1.71. The van der Waals surface area contributed by atoms with Crippen LogP contribution in [0.1, 0.15) is 26.3 Å². The number of fused-ring (bicyclic) bond motifs is 1. The molecule has 10 heteroatoms. The van der Waals surface area contributed by atoms with Crippen molar-refractivity contribution in [1.82, 2.24) is 19.6 Å². The summed E-state index contributed by atoms with van der Waals surface area (Å²) < 4.78 is 1.50. The third kappa shape index (κ3) is 4.88. The predicted molar refractivity (Wildman–Crippen MR) is 133 cm³/mol. The molecule has 34 heavy (non-hydrogen) atoms. The fraction of sp³-hybridized carbons (Fsp3) is 0.208. The number of hydrogen-bond acceptors (Lipinski definition) is 8. The topological polar surface area (TPSA) is 123 Å². The Bertz CT molecular complexity index is 1370. The lowest BCUT2D eigenvalue weighted by Gasteiger charge is -2.21. The standard InChI is InChI=1S/C24H25N9O/c1-4-32(5-2)21-11-7-10-20(13-21)29-24-31-23(30-22-17(14-25)15-26-33(22)24)28-19-9-6-8-18(12-19)27-16(3)34/h6-13,15H,4-5H2,1-3H3,(H,27,34)(H2,28,29,30,31). The summed E-state index contributed by atoms with van der Waals surface area (Å²) in [6.45, 7) is 7.47. The summed E-state index contributed by atoms with van der Waals surface area (Å²) in [5, 5.41) is 23.0. The first-order valence-electron chi connectivity index (χ1n) is 10.9. The van der Waals surface area contributed by atoms with Crippen LogP contribution in [0, 0.1) is 11.3 Å². The highest BCUT2D eigenvalue weighted by atomic mass is 16.1. The zero-order valence-corrected chi connectivity index (χ0v) is 19.2. The third-order valence-corrected chi connectivity index (χ3v) is 5.16. The number of carbonyl (C=O) groups is 1. The van der Waals surface area contributed by atoms with E-state index in [0.29, 0.717) is 28.5 Å². The second-order valence-electron chi connectivity index (χ2n) is 7.51. The van der Waals surface area contributed by atoms with E-state index in [4.69, 9.17) is 0 Å². The second kappa shape index (κ2) is 9.87. The van der Waals surface area contributed by atoms with Crippen molar-refractivity contribution in [2.75, 3.05) is 33.9 Å². The number of nitriles is 1.